The van der Waals surface area contributed by atoms with Crippen molar-refractivity contribution in [2.45, 2.75) is 89.8 Å². The van der Waals surface area contributed by atoms with Crippen LogP contribution in [-0.2, 0) is 4.84 Å². The second-order valence-electron chi connectivity index (χ2n) is 11.6. The number of nitrogens with one attached hydrogen (secondary N) is 1. The number of hydrogen-bond acceptors (Lipinski definition) is 5. The second-order valence-corrected chi connectivity index (χ2v) is 11.6. The zero-order valence-electron chi connectivity index (χ0n) is 20.3. The fraction of sp³-hybridized carbons (Fsp3) is 0.852. The summed E-state index contributed by atoms with van der Waals surface area (Å²) in [5.74, 6) is 2.10. The molecule has 0 aromatic carbocycles. The maximum absolute atomic E-state index is 12.2. The lowest BCUT2D eigenvalue weighted by molar-refractivity contribution is -0.207. The summed E-state index contributed by atoms with van der Waals surface area (Å²) in [4.78, 5) is 5.30. The van der Waals surface area contributed by atoms with Crippen molar-refractivity contribution >= 4 is 0 Å². The SMILES string of the molecule is C[C@]12CC[C@H](O)C[C@H]1CC[C@@H]1[C@@H]2CC[C@]2(C)[C@@H](/C=C/C=C/CNOCCCN)CC[C@]12O. The molecule has 0 unspecified atom stereocenters. The highest BCUT2D eigenvalue weighted by Gasteiger charge is 2.66. The van der Waals surface area contributed by atoms with Crippen molar-refractivity contribution in [1.82, 2.24) is 5.48 Å². The molecule has 32 heavy (non-hydrogen) atoms. The van der Waals surface area contributed by atoms with Crippen LogP contribution in [-0.4, -0.2) is 41.6 Å². The largest absolute Gasteiger partial charge is 0.393 e. The molecular formula is C27H46N2O3. The van der Waals surface area contributed by atoms with Gasteiger partial charge >= 0.3 is 0 Å². The Labute approximate surface area is 194 Å². The van der Waals surface area contributed by atoms with E-state index < -0.39 is 5.60 Å². The number of aliphatic hydroxyl groups excluding tert-OH is 1. The summed E-state index contributed by atoms with van der Waals surface area (Å²) in [6, 6.07) is 0. The molecule has 0 aromatic rings. The van der Waals surface area contributed by atoms with Gasteiger partial charge in [-0.2, -0.15) is 5.48 Å². The number of nitrogens with two attached hydrogens (primary N) is 1. The summed E-state index contributed by atoms with van der Waals surface area (Å²) >= 11 is 0. The van der Waals surface area contributed by atoms with E-state index >= 15 is 0 Å². The van der Waals surface area contributed by atoms with Crippen LogP contribution < -0.4 is 11.2 Å². The maximum atomic E-state index is 12.2. The Balaban J connectivity index is 1.38. The van der Waals surface area contributed by atoms with E-state index in [9.17, 15) is 10.2 Å². The van der Waals surface area contributed by atoms with Crippen molar-refractivity contribution < 1.29 is 15.1 Å². The molecule has 4 aliphatic rings. The van der Waals surface area contributed by atoms with E-state index in [0.29, 0.717) is 48.8 Å². The molecule has 0 bridgehead atoms. The first-order valence-corrected chi connectivity index (χ1v) is 13.1. The predicted molar refractivity (Wildman–Crippen MR) is 129 cm³/mol. The standard InChI is InChI=1S/C27H46N2O3/c1-25-13-11-22(30)19-21(25)8-9-24-23(25)12-14-26(2)20(10-15-27(24,26)31)7-4-3-5-17-29-32-18-6-16-28/h3-5,7,20-24,29-31H,6,8-19,28H2,1-2H3/b5-3+,7-4+/t20-,21+,22-,23-,24+,25-,26+,27-/m0/s1. The van der Waals surface area contributed by atoms with Crippen LogP contribution in [0.2, 0.25) is 0 Å². The van der Waals surface area contributed by atoms with Crippen LogP contribution in [0.15, 0.2) is 24.3 Å². The molecule has 0 saturated heterocycles. The topological polar surface area (TPSA) is 87.7 Å². The summed E-state index contributed by atoms with van der Waals surface area (Å²) in [6.07, 6.45) is 19.1. The number of rotatable bonds is 8. The lowest BCUT2D eigenvalue weighted by atomic mass is 9.43. The van der Waals surface area contributed by atoms with Crippen LogP contribution >= 0.6 is 0 Å². The van der Waals surface area contributed by atoms with E-state index in [1.165, 1.54) is 12.8 Å². The van der Waals surface area contributed by atoms with Gasteiger partial charge in [-0.3, -0.25) is 0 Å². The van der Waals surface area contributed by atoms with Gasteiger partial charge in [0.05, 0.1) is 18.3 Å². The van der Waals surface area contributed by atoms with Crippen LogP contribution in [0.25, 0.3) is 0 Å². The van der Waals surface area contributed by atoms with Gasteiger partial charge in [-0.25, -0.2) is 0 Å². The Morgan fingerprint density at radius 2 is 1.88 bits per heavy atom. The summed E-state index contributed by atoms with van der Waals surface area (Å²) in [5.41, 5.74) is 8.12. The first kappa shape index (κ1) is 24.4. The van der Waals surface area contributed by atoms with Crippen LogP contribution in [0.5, 0.6) is 0 Å². The van der Waals surface area contributed by atoms with Gasteiger partial charge in [-0.1, -0.05) is 38.2 Å². The van der Waals surface area contributed by atoms with Crippen LogP contribution in [0.4, 0.5) is 0 Å². The van der Waals surface area contributed by atoms with Gasteiger partial charge in [0.1, 0.15) is 0 Å². The van der Waals surface area contributed by atoms with Gasteiger partial charge in [0.25, 0.3) is 0 Å². The molecule has 0 aliphatic heterocycles. The fourth-order valence-corrected chi connectivity index (χ4v) is 8.23. The van der Waals surface area contributed by atoms with Gasteiger partial charge in [0, 0.05) is 12.0 Å². The molecule has 0 aromatic heterocycles. The molecule has 5 heteroatoms. The van der Waals surface area contributed by atoms with Gasteiger partial charge in [-0.15, -0.1) is 0 Å². The molecule has 5 N–H and O–H groups in total. The summed E-state index contributed by atoms with van der Waals surface area (Å²) in [5, 5.41) is 22.4. The fourth-order valence-electron chi connectivity index (χ4n) is 8.23. The van der Waals surface area contributed by atoms with E-state index in [-0.39, 0.29) is 11.5 Å². The molecule has 4 saturated carbocycles. The summed E-state index contributed by atoms with van der Waals surface area (Å²) in [7, 11) is 0. The molecule has 182 valence electrons. The Kier molecular flexibility index (Phi) is 7.53. The molecule has 0 heterocycles. The lowest BCUT2D eigenvalue weighted by Crippen LogP contribution is -2.62. The first-order valence-electron chi connectivity index (χ1n) is 13.1. The van der Waals surface area contributed by atoms with Crippen molar-refractivity contribution in [3.05, 3.63) is 24.3 Å². The van der Waals surface area contributed by atoms with Gasteiger partial charge in [0.2, 0.25) is 0 Å². The van der Waals surface area contributed by atoms with E-state index in [4.69, 9.17) is 10.6 Å². The second kappa shape index (κ2) is 9.87. The van der Waals surface area contributed by atoms with Crippen molar-refractivity contribution in [2.24, 2.45) is 40.2 Å². The average molecular weight is 447 g/mol. The molecule has 5 nitrogen and oxygen atoms in total. The third-order valence-electron chi connectivity index (χ3n) is 10.2. The number of fused-ring (bicyclic) bond motifs is 5. The number of allylic oxidation sites excluding steroid dienone is 3. The quantitative estimate of drug-likeness (QED) is 0.256. The average Bonchev–Trinajstić information content (AvgIpc) is 3.04. The highest BCUT2D eigenvalue weighted by atomic mass is 16.6. The number of hydrogen-bond donors (Lipinski definition) is 4. The zero-order chi connectivity index (χ0) is 22.8. The van der Waals surface area contributed by atoms with Gasteiger partial charge in [-0.05, 0) is 99.8 Å². The Bertz CT molecular complexity index is 696. The minimum absolute atomic E-state index is 0.0283. The van der Waals surface area contributed by atoms with Crippen molar-refractivity contribution in [2.75, 3.05) is 19.7 Å². The maximum Gasteiger partial charge on any atom is 0.0737 e. The molecule has 8 atom stereocenters. The Hall–Kier alpha value is -0.720. The van der Waals surface area contributed by atoms with E-state index in [0.717, 1.165) is 51.4 Å². The van der Waals surface area contributed by atoms with Gasteiger partial charge in [0.15, 0.2) is 0 Å². The minimum atomic E-state index is -0.545. The molecule has 0 spiro atoms. The Morgan fingerprint density at radius 1 is 1.03 bits per heavy atom. The smallest absolute Gasteiger partial charge is 0.0737 e. The number of aliphatic hydroxyl groups is 2. The highest BCUT2D eigenvalue weighted by Crippen LogP contribution is 2.69. The van der Waals surface area contributed by atoms with Crippen LogP contribution in [0, 0.1) is 34.5 Å². The van der Waals surface area contributed by atoms with Crippen LogP contribution in [0.1, 0.15) is 78.1 Å². The molecule has 0 radical (unpaired) electrons. The van der Waals surface area contributed by atoms with Crippen molar-refractivity contribution in [3.8, 4) is 0 Å². The first-order chi connectivity index (χ1) is 15.3. The summed E-state index contributed by atoms with van der Waals surface area (Å²) in [6.45, 7) is 6.82. The minimum Gasteiger partial charge on any atom is -0.393 e. The molecule has 0 amide bonds. The highest BCUT2D eigenvalue weighted by molar-refractivity contribution is 5.20. The third kappa shape index (κ3) is 4.24. The summed E-state index contributed by atoms with van der Waals surface area (Å²) < 4.78 is 0. The van der Waals surface area contributed by atoms with Crippen LogP contribution in [0.3, 0.4) is 0 Å². The lowest BCUT2D eigenvalue weighted by Gasteiger charge is -2.63. The van der Waals surface area contributed by atoms with Crippen molar-refractivity contribution in [3.63, 3.8) is 0 Å². The van der Waals surface area contributed by atoms with E-state index in [1.807, 2.05) is 0 Å². The number of hydroxylamine groups is 1. The third-order valence-corrected chi connectivity index (χ3v) is 10.2. The molecule has 4 aliphatic carbocycles. The molecule has 4 fully saturated rings. The predicted octanol–water partition coefficient (Wildman–Crippen LogP) is 4.10. The van der Waals surface area contributed by atoms with Crippen molar-refractivity contribution in [1.29, 1.82) is 0 Å². The van der Waals surface area contributed by atoms with Gasteiger partial charge < -0.3 is 20.8 Å². The van der Waals surface area contributed by atoms with E-state index in [2.05, 4.69) is 43.6 Å². The monoisotopic (exact) mass is 446 g/mol. The zero-order valence-corrected chi connectivity index (χ0v) is 20.3. The molecular weight excluding hydrogens is 400 g/mol. The van der Waals surface area contributed by atoms with E-state index in [1.54, 1.807) is 0 Å². The normalized spacial score (nSPS) is 46.3. The molecule has 4 rings (SSSR count). The Morgan fingerprint density at radius 3 is 2.69 bits per heavy atom.